The van der Waals surface area contributed by atoms with Gasteiger partial charge in [0, 0.05) is 24.8 Å². The third kappa shape index (κ3) is 2.15. The van der Waals surface area contributed by atoms with E-state index in [1.165, 1.54) is 0 Å². The maximum absolute atomic E-state index is 5.43. The molecule has 2 aromatic rings. The average molecular weight is 297 g/mol. The summed E-state index contributed by atoms with van der Waals surface area (Å²) in [6.45, 7) is 0. The number of halogens is 1. The maximum atomic E-state index is 5.43. The fraction of sp³-hybridized carbons (Fsp3) is 0.214. The van der Waals surface area contributed by atoms with Crippen molar-refractivity contribution in [2.75, 3.05) is 26.2 Å². The highest BCUT2D eigenvalue weighted by Gasteiger charge is 2.19. The summed E-state index contributed by atoms with van der Waals surface area (Å²) >= 11 is 0. The van der Waals surface area contributed by atoms with Crippen molar-refractivity contribution in [3.05, 3.63) is 30.1 Å². The predicted octanol–water partition coefficient (Wildman–Crippen LogP) is 2.27. The van der Waals surface area contributed by atoms with E-state index in [-0.39, 0.29) is 17.9 Å². The minimum atomic E-state index is 0. The summed E-state index contributed by atoms with van der Waals surface area (Å²) in [5.74, 6) is 1.39. The lowest BCUT2D eigenvalue weighted by atomic mass is 10.0. The standard InChI is InChI=1S/C14H14N2O2.ClH.H2O/c1-16-7-5-9-8-11(17-2)14(18-3)13-12(9)10(16)4-6-15-13;;/h4-8H,1-3H3;1H;1H2. The van der Waals surface area contributed by atoms with Gasteiger partial charge in [0.15, 0.2) is 11.5 Å². The van der Waals surface area contributed by atoms with E-state index < -0.39 is 0 Å². The smallest absolute Gasteiger partial charge is 0.187 e. The molecule has 0 saturated carbocycles. The van der Waals surface area contributed by atoms with Gasteiger partial charge in [-0.15, -0.1) is 12.4 Å². The van der Waals surface area contributed by atoms with Crippen LogP contribution in [0.3, 0.4) is 0 Å². The molecule has 1 aliphatic rings. The summed E-state index contributed by atoms with van der Waals surface area (Å²) in [6.07, 6.45) is 5.88. The molecule has 5 nitrogen and oxygen atoms in total. The number of nitrogens with zero attached hydrogens (tertiary/aromatic N) is 2. The van der Waals surface area contributed by atoms with Crippen LogP contribution in [-0.2, 0) is 0 Å². The minimum Gasteiger partial charge on any atom is -0.493 e. The Morgan fingerprint density at radius 1 is 1.20 bits per heavy atom. The fourth-order valence-corrected chi connectivity index (χ4v) is 2.35. The SMILES string of the molecule is COc1cc2c3c(ccnc3c1OC)N(C)C=C2.Cl.O. The first-order valence-corrected chi connectivity index (χ1v) is 5.71. The number of aromatic nitrogens is 1. The second-order valence-electron chi connectivity index (χ2n) is 4.18. The van der Waals surface area contributed by atoms with E-state index in [0.29, 0.717) is 11.5 Å². The van der Waals surface area contributed by atoms with Crippen LogP contribution in [0.25, 0.3) is 17.0 Å². The zero-order valence-electron chi connectivity index (χ0n) is 11.5. The predicted molar refractivity (Wildman–Crippen MR) is 83.1 cm³/mol. The Balaban J connectivity index is 0.000001000. The fourth-order valence-electron chi connectivity index (χ4n) is 2.35. The van der Waals surface area contributed by atoms with E-state index in [0.717, 1.165) is 22.2 Å². The zero-order chi connectivity index (χ0) is 12.7. The first-order valence-electron chi connectivity index (χ1n) is 5.71. The lowest BCUT2D eigenvalue weighted by Gasteiger charge is -2.23. The summed E-state index contributed by atoms with van der Waals surface area (Å²) in [6, 6.07) is 3.98. The number of anilines is 1. The van der Waals surface area contributed by atoms with Crippen molar-refractivity contribution >= 4 is 35.1 Å². The van der Waals surface area contributed by atoms with Crippen LogP contribution in [-0.4, -0.2) is 31.7 Å². The summed E-state index contributed by atoms with van der Waals surface area (Å²) in [5.41, 5.74) is 3.06. The van der Waals surface area contributed by atoms with Crippen molar-refractivity contribution in [2.45, 2.75) is 0 Å². The third-order valence-electron chi connectivity index (χ3n) is 3.22. The number of hydrogen-bond donors (Lipinski definition) is 0. The molecule has 1 aromatic heterocycles. The van der Waals surface area contributed by atoms with Crippen molar-refractivity contribution in [1.29, 1.82) is 0 Å². The number of benzene rings is 1. The molecule has 108 valence electrons. The summed E-state index contributed by atoms with van der Waals surface area (Å²) in [4.78, 5) is 6.51. The van der Waals surface area contributed by atoms with Crippen molar-refractivity contribution in [2.24, 2.45) is 0 Å². The molecule has 0 fully saturated rings. The van der Waals surface area contributed by atoms with E-state index in [1.807, 2.05) is 25.4 Å². The highest BCUT2D eigenvalue weighted by Crippen LogP contribution is 2.42. The molecular formula is C14H17ClN2O3. The Labute approximate surface area is 123 Å². The molecule has 1 aliphatic heterocycles. The van der Waals surface area contributed by atoms with E-state index in [4.69, 9.17) is 9.47 Å². The van der Waals surface area contributed by atoms with Gasteiger partial charge in [0.05, 0.1) is 19.9 Å². The molecule has 0 radical (unpaired) electrons. The topological polar surface area (TPSA) is 66.1 Å². The van der Waals surface area contributed by atoms with Gasteiger partial charge in [-0.1, -0.05) is 0 Å². The molecular weight excluding hydrogens is 280 g/mol. The van der Waals surface area contributed by atoms with Crippen LogP contribution in [0, 0.1) is 0 Å². The number of rotatable bonds is 2. The summed E-state index contributed by atoms with van der Waals surface area (Å²) < 4.78 is 10.8. The first kappa shape index (κ1) is 16.1. The number of methoxy groups -OCH3 is 2. The molecule has 1 aromatic carbocycles. The van der Waals surface area contributed by atoms with E-state index in [1.54, 1.807) is 20.4 Å². The van der Waals surface area contributed by atoms with Crippen LogP contribution >= 0.6 is 12.4 Å². The summed E-state index contributed by atoms with van der Waals surface area (Å²) in [5, 5.41) is 1.10. The van der Waals surface area contributed by atoms with E-state index >= 15 is 0 Å². The molecule has 0 aliphatic carbocycles. The molecule has 2 heterocycles. The quantitative estimate of drug-likeness (QED) is 0.852. The van der Waals surface area contributed by atoms with Gasteiger partial charge in [-0.25, -0.2) is 0 Å². The van der Waals surface area contributed by atoms with Gasteiger partial charge < -0.3 is 19.8 Å². The Kier molecular flexibility index (Phi) is 4.81. The van der Waals surface area contributed by atoms with Gasteiger partial charge >= 0.3 is 0 Å². The van der Waals surface area contributed by atoms with Gasteiger partial charge in [-0.05, 0) is 23.8 Å². The van der Waals surface area contributed by atoms with Crippen molar-refractivity contribution in [3.63, 3.8) is 0 Å². The number of pyridine rings is 1. The van der Waals surface area contributed by atoms with Crippen LogP contribution in [0.4, 0.5) is 5.69 Å². The lowest BCUT2D eigenvalue weighted by Crippen LogP contribution is -2.12. The summed E-state index contributed by atoms with van der Waals surface area (Å²) in [7, 11) is 5.29. The lowest BCUT2D eigenvalue weighted by molar-refractivity contribution is 0.358. The molecule has 0 saturated heterocycles. The normalized spacial score (nSPS) is 11.7. The first-order chi connectivity index (χ1) is 8.76. The minimum absolute atomic E-state index is 0. The van der Waals surface area contributed by atoms with Gasteiger partial charge in [0.1, 0.15) is 5.52 Å². The van der Waals surface area contributed by atoms with Gasteiger partial charge in [-0.2, -0.15) is 0 Å². The molecule has 6 heteroatoms. The Morgan fingerprint density at radius 3 is 2.60 bits per heavy atom. The van der Waals surface area contributed by atoms with Crippen LogP contribution in [0.2, 0.25) is 0 Å². The Bertz CT molecular complexity index is 658. The van der Waals surface area contributed by atoms with E-state index in [9.17, 15) is 0 Å². The van der Waals surface area contributed by atoms with Crippen LogP contribution in [0.15, 0.2) is 24.5 Å². The second kappa shape index (κ2) is 5.98. The Morgan fingerprint density at radius 2 is 1.95 bits per heavy atom. The third-order valence-corrected chi connectivity index (χ3v) is 3.22. The molecule has 2 N–H and O–H groups in total. The van der Waals surface area contributed by atoms with Crippen molar-refractivity contribution in [1.82, 2.24) is 4.98 Å². The monoisotopic (exact) mass is 296 g/mol. The van der Waals surface area contributed by atoms with Gasteiger partial charge in [0.2, 0.25) is 0 Å². The van der Waals surface area contributed by atoms with Crippen molar-refractivity contribution in [3.8, 4) is 11.5 Å². The highest BCUT2D eigenvalue weighted by molar-refractivity contribution is 6.04. The Hall–Kier alpha value is -1.98. The molecule has 0 bridgehead atoms. The number of hydrogen-bond acceptors (Lipinski definition) is 4. The van der Waals surface area contributed by atoms with Gasteiger partial charge in [-0.3, -0.25) is 4.98 Å². The molecule has 0 spiro atoms. The number of ether oxygens (including phenoxy) is 2. The van der Waals surface area contributed by atoms with Crippen LogP contribution in [0.5, 0.6) is 11.5 Å². The molecule has 20 heavy (non-hydrogen) atoms. The average Bonchev–Trinajstić information content (AvgIpc) is 2.42. The molecule has 0 amide bonds. The molecule has 0 atom stereocenters. The highest BCUT2D eigenvalue weighted by atomic mass is 35.5. The van der Waals surface area contributed by atoms with E-state index in [2.05, 4.69) is 16.0 Å². The zero-order valence-corrected chi connectivity index (χ0v) is 12.3. The largest absolute Gasteiger partial charge is 0.493 e. The van der Waals surface area contributed by atoms with Gasteiger partial charge in [0.25, 0.3) is 0 Å². The van der Waals surface area contributed by atoms with Crippen molar-refractivity contribution < 1.29 is 14.9 Å². The van der Waals surface area contributed by atoms with Crippen LogP contribution in [0.1, 0.15) is 5.56 Å². The molecule has 0 unspecified atom stereocenters. The second-order valence-corrected chi connectivity index (χ2v) is 4.18. The van der Waals surface area contributed by atoms with Crippen LogP contribution < -0.4 is 14.4 Å². The molecule has 3 rings (SSSR count). The maximum Gasteiger partial charge on any atom is 0.187 e.